The lowest BCUT2D eigenvalue weighted by Crippen LogP contribution is -2.53. The number of morpholine rings is 1. The lowest BCUT2D eigenvalue weighted by molar-refractivity contribution is -0.119. The highest BCUT2D eigenvalue weighted by Gasteiger charge is 2.35. The molecule has 2 fully saturated rings. The lowest BCUT2D eigenvalue weighted by atomic mass is 10.0. The first-order valence-electron chi connectivity index (χ1n) is 9.63. The van der Waals surface area contributed by atoms with E-state index in [0.29, 0.717) is 24.3 Å². The average molecular weight is 366 g/mol. The third kappa shape index (κ3) is 3.83. The van der Waals surface area contributed by atoms with Gasteiger partial charge in [-0.25, -0.2) is 0 Å². The Morgan fingerprint density at radius 1 is 1.15 bits per heavy atom. The summed E-state index contributed by atoms with van der Waals surface area (Å²) in [7, 11) is 0. The number of fused-ring (bicyclic) bond motifs is 1. The number of ether oxygens (including phenoxy) is 1. The molecule has 1 aliphatic heterocycles. The third-order valence-corrected chi connectivity index (χ3v) is 5.18. The van der Waals surface area contributed by atoms with E-state index in [1.807, 2.05) is 62.1 Å². The Bertz CT molecular complexity index is 902. The van der Waals surface area contributed by atoms with Crippen LogP contribution < -0.4 is 5.32 Å². The Labute approximate surface area is 159 Å². The SMILES string of the molecule is CC1CN(C(=O)c2cc3ccccc3cc2NC(=O)C2CC2)CC(C)(C)O1. The van der Waals surface area contributed by atoms with Crippen LogP contribution in [-0.4, -0.2) is 41.5 Å². The van der Waals surface area contributed by atoms with Gasteiger partial charge in [-0.05, 0) is 56.5 Å². The Morgan fingerprint density at radius 2 is 1.81 bits per heavy atom. The van der Waals surface area contributed by atoms with E-state index in [1.54, 1.807) is 0 Å². The summed E-state index contributed by atoms with van der Waals surface area (Å²) < 4.78 is 5.93. The molecule has 1 aliphatic carbocycles. The van der Waals surface area contributed by atoms with Crippen LogP contribution in [0.1, 0.15) is 44.0 Å². The van der Waals surface area contributed by atoms with Gasteiger partial charge < -0.3 is 15.0 Å². The zero-order chi connectivity index (χ0) is 19.2. The maximum absolute atomic E-state index is 13.4. The fourth-order valence-electron chi connectivity index (χ4n) is 3.88. The molecule has 1 atom stereocenters. The van der Waals surface area contributed by atoms with Crippen molar-refractivity contribution in [3.8, 4) is 0 Å². The van der Waals surface area contributed by atoms with Crippen molar-refractivity contribution in [2.45, 2.75) is 45.3 Å². The summed E-state index contributed by atoms with van der Waals surface area (Å²) in [6, 6.07) is 11.7. The predicted octanol–water partition coefficient (Wildman–Crippen LogP) is 3.83. The van der Waals surface area contributed by atoms with Gasteiger partial charge in [0.25, 0.3) is 5.91 Å². The van der Waals surface area contributed by atoms with Crippen LogP contribution in [0, 0.1) is 5.92 Å². The number of anilines is 1. The molecule has 4 rings (SSSR count). The molecule has 1 unspecified atom stereocenters. The van der Waals surface area contributed by atoms with Crippen molar-refractivity contribution in [3.05, 3.63) is 42.0 Å². The van der Waals surface area contributed by atoms with Crippen molar-refractivity contribution in [3.63, 3.8) is 0 Å². The van der Waals surface area contributed by atoms with Gasteiger partial charge >= 0.3 is 0 Å². The van der Waals surface area contributed by atoms with Crippen LogP contribution in [-0.2, 0) is 9.53 Å². The monoisotopic (exact) mass is 366 g/mol. The number of hydrogen-bond acceptors (Lipinski definition) is 3. The molecule has 5 heteroatoms. The van der Waals surface area contributed by atoms with Crippen LogP contribution in [0.15, 0.2) is 36.4 Å². The van der Waals surface area contributed by atoms with Crippen molar-refractivity contribution in [2.75, 3.05) is 18.4 Å². The fraction of sp³-hybridized carbons (Fsp3) is 0.455. The molecule has 0 bridgehead atoms. The van der Waals surface area contributed by atoms with Crippen molar-refractivity contribution >= 4 is 28.3 Å². The predicted molar refractivity (Wildman–Crippen MR) is 106 cm³/mol. The molecule has 2 aromatic carbocycles. The van der Waals surface area contributed by atoms with Gasteiger partial charge in [0.15, 0.2) is 0 Å². The van der Waals surface area contributed by atoms with E-state index in [-0.39, 0.29) is 29.4 Å². The minimum absolute atomic E-state index is 0.00927. The van der Waals surface area contributed by atoms with Gasteiger partial charge in [0.05, 0.1) is 23.0 Å². The van der Waals surface area contributed by atoms with Gasteiger partial charge in [-0.1, -0.05) is 24.3 Å². The average Bonchev–Trinajstić information content (AvgIpc) is 3.44. The highest BCUT2D eigenvalue weighted by molar-refractivity contribution is 6.08. The summed E-state index contributed by atoms with van der Waals surface area (Å²) in [4.78, 5) is 27.6. The molecule has 1 heterocycles. The van der Waals surface area contributed by atoms with Crippen LogP contribution in [0.25, 0.3) is 10.8 Å². The molecular formula is C22H26N2O3. The summed E-state index contributed by atoms with van der Waals surface area (Å²) in [5.41, 5.74) is 0.766. The number of rotatable bonds is 3. The Hall–Kier alpha value is -2.40. The van der Waals surface area contributed by atoms with E-state index in [9.17, 15) is 9.59 Å². The van der Waals surface area contributed by atoms with Gasteiger partial charge in [0.1, 0.15) is 0 Å². The molecule has 2 aromatic rings. The van der Waals surface area contributed by atoms with Crippen LogP contribution in [0.2, 0.25) is 0 Å². The summed E-state index contributed by atoms with van der Waals surface area (Å²) in [6.07, 6.45) is 1.83. The topological polar surface area (TPSA) is 58.6 Å². The fourth-order valence-corrected chi connectivity index (χ4v) is 3.88. The van der Waals surface area contributed by atoms with E-state index < -0.39 is 0 Å². The highest BCUT2D eigenvalue weighted by atomic mass is 16.5. The quantitative estimate of drug-likeness (QED) is 0.898. The molecule has 142 valence electrons. The first-order valence-corrected chi connectivity index (χ1v) is 9.63. The summed E-state index contributed by atoms with van der Waals surface area (Å²) in [5, 5.41) is 5.00. The van der Waals surface area contributed by atoms with E-state index in [4.69, 9.17) is 4.74 Å². The number of amides is 2. The van der Waals surface area contributed by atoms with Gasteiger partial charge in [0.2, 0.25) is 5.91 Å². The van der Waals surface area contributed by atoms with Crippen molar-refractivity contribution < 1.29 is 14.3 Å². The van der Waals surface area contributed by atoms with Crippen LogP contribution >= 0.6 is 0 Å². The number of nitrogens with zero attached hydrogens (tertiary/aromatic N) is 1. The van der Waals surface area contributed by atoms with Crippen LogP contribution in [0.3, 0.4) is 0 Å². The molecule has 0 aromatic heterocycles. The van der Waals surface area contributed by atoms with Gasteiger partial charge in [0, 0.05) is 19.0 Å². The molecule has 2 aliphatic rings. The van der Waals surface area contributed by atoms with E-state index >= 15 is 0 Å². The van der Waals surface area contributed by atoms with E-state index in [2.05, 4.69) is 5.32 Å². The Balaban J connectivity index is 1.71. The van der Waals surface area contributed by atoms with Gasteiger partial charge in [-0.15, -0.1) is 0 Å². The normalized spacial score (nSPS) is 21.9. The standard InChI is InChI=1S/C22H26N2O3/c1-14-12-24(13-22(2,3)27-14)21(26)18-10-16-6-4-5-7-17(16)11-19(18)23-20(25)15-8-9-15/h4-7,10-11,14-15H,8-9,12-13H2,1-3H3,(H,23,25). The summed E-state index contributed by atoms with van der Waals surface area (Å²) >= 11 is 0. The second kappa shape index (κ2) is 6.64. The molecular weight excluding hydrogens is 340 g/mol. The number of carbonyl (C=O) groups is 2. The van der Waals surface area contributed by atoms with Crippen molar-refractivity contribution in [1.82, 2.24) is 4.90 Å². The molecule has 1 saturated carbocycles. The Kier molecular flexibility index (Phi) is 4.42. The molecule has 1 N–H and O–H groups in total. The van der Waals surface area contributed by atoms with Crippen LogP contribution in [0.5, 0.6) is 0 Å². The number of hydrogen-bond donors (Lipinski definition) is 1. The minimum Gasteiger partial charge on any atom is -0.369 e. The maximum Gasteiger partial charge on any atom is 0.256 e. The largest absolute Gasteiger partial charge is 0.369 e. The molecule has 5 nitrogen and oxygen atoms in total. The summed E-state index contributed by atoms with van der Waals surface area (Å²) in [6.45, 7) is 7.06. The zero-order valence-electron chi connectivity index (χ0n) is 16.1. The molecule has 1 saturated heterocycles. The maximum atomic E-state index is 13.4. The second-order valence-corrected chi connectivity index (χ2v) is 8.38. The first kappa shape index (κ1) is 18.0. The van der Waals surface area contributed by atoms with E-state index in [0.717, 1.165) is 23.6 Å². The van der Waals surface area contributed by atoms with Crippen LogP contribution in [0.4, 0.5) is 5.69 Å². The lowest BCUT2D eigenvalue weighted by Gasteiger charge is -2.41. The number of carbonyl (C=O) groups excluding carboxylic acids is 2. The smallest absolute Gasteiger partial charge is 0.256 e. The van der Waals surface area contributed by atoms with Gasteiger partial charge in [-0.3, -0.25) is 9.59 Å². The Morgan fingerprint density at radius 3 is 2.44 bits per heavy atom. The summed E-state index contributed by atoms with van der Waals surface area (Å²) in [5.74, 6) is 0.0341. The first-order chi connectivity index (χ1) is 12.8. The van der Waals surface area contributed by atoms with Gasteiger partial charge in [-0.2, -0.15) is 0 Å². The van der Waals surface area contributed by atoms with Crippen molar-refractivity contribution in [2.24, 2.45) is 5.92 Å². The molecule has 0 radical (unpaired) electrons. The second-order valence-electron chi connectivity index (χ2n) is 8.38. The van der Waals surface area contributed by atoms with Crippen molar-refractivity contribution in [1.29, 1.82) is 0 Å². The zero-order valence-corrected chi connectivity index (χ0v) is 16.1. The third-order valence-electron chi connectivity index (χ3n) is 5.18. The number of benzene rings is 2. The van der Waals surface area contributed by atoms with E-state index in [1.165, 1.54) is 0 Å². The number of nitrogens with one attached hydrogen (secondary N) is 1. The minimum atomic E-state index is -0.387. The molecule has 27 heavy (non-hydrogen) atoms. The molecule has 0 spiro atoms. The molecule has 2 amide bonds. The highest BCUT2D eigenvalue weighted by Crippen LogP contribution is 2.33.